The number of nitrogens with zero attached hydrogens (tertiary/aromatic N) is 1. The first-order valence-electron chi connectivity index (χ1n) is 8.05. The van der Waals surface area contributed by atoms with Crippen molar-refractivity contribution in [1.29, 1.82) is 0 Å². The molecule has 0 amide bonds. The van der Waals surface area contributed by atoms with Gasteiger partial charge in [0.15, 0.2) is 0 Å². The molecule has 0 spiro atoms. The molecule has 0 saturated heterocycles. The van der Waals surface area contributed by atoms with E-state index in [0.717, 1.165) is 42.9 Å². The highest BCUT2D eigenvalue weighted by Gasteiger charge is 2.12. The molecule has 5 heteroatoms. The normalized spacial score (nSPS) is 10.5. The molecule has 0 aliphatic rings. The highest BCUT2D eigenvalue weighted by atomic mass is 16.5. The summed E-state index contributed by atoms with van der Waals surface area (Å²) < 4.78 is 5.79. The van der Waals surface area contributed by atoms with Crippen molar-refractivity contribution in [1.82, 2.24) is 5.32 Å². The van der Waals surface area contributed by atoms with Crippen molar-refractivity contribution in [2.45, 2.75) is 40.2 Å². The van der Waals surface area contributed by atoms with Crippen LogP contribution in [0.15, 0.2) is 18.2 Å². The molecule has 0 unspecified atom stereocenters. The Morgan fingerprint density at radius 3 is 2.45 bits per heavy atom. The molecule has 0 radical (unpaired) electrons. The molecule has 2 N–H and O–H groups in total. The summed E-state index contributed by atoms with van der Waals surface area (Å²) in [5.74, 6) is 0.0257. The van der Waals surface area contributed by atoms with Gasteiger partial charge >= 0.3 is 5.97 Å². The van der Waals surface area contributed by atoms with Crippen LogP contribution in [0.4, 0.5) is 5.69 Å². The molecule has 0 aliphatic carbocycles. The second-order valence-electron chi connectivity index (χ2n) is 5.22. The van der Waals surface area contributed by atoms with E-state index in [0.29, 0.717) is 13.2 Å². The maximum Gasteiger partial charge on any atom is 0.317 e. The molecule has 0 aliphatic heterocycles. The largest absolute Gasteiger partial charge is 0.492 e. The highest BCUT2D eigenvalue weighted by Crippen LogP contribution is 2.30. The van der Waals surface area contributed by atoms with Gasteiger partial charge in [-0.25, -0.2) is 0 Å². The third kappa shape index (κ3) is 5.93. The van der Waals surface area contributed by atoms with Gasteiger partial charge in [0.1, 0.15) is 5.75 Å². The Morgan fingerprint density at radius 2 is 1.91 bits per heavy atom. The molecule has 124 valence electrons. The number of hydrogen-bond acceptors (Lipinski definition) is 4. The van der Waals surface area contributed by atoms with Crippen LogP contribution in [0.5, 0.6) is 5.75 Å². The Morgan fingerprint density at radius 1 is 1.23 bits per heavy atom. The van der Waals surface area contributed by atoms with Gasteiger partial charge in [0.25, 0.3) is 0 Å². The van der Waals surface area contributed by atoms with Gasteiger partial charge in [0, 0.05) is 19.6 Å². The summed E-state index contributed by atoms with van der Waals surface area (Å²) in [7, 11) is 0. The van der Waals surface area contributed by atoms with Gasteiger partial charge < -0.3 is 20.1 Å². The predicted octanol–water partition coefficient (Wildman–Crippen LogP) is 2.89. The van der Waals surface area contributed by atoms with Crippen LogP contribution in [0.25, 0.3) is 0 Å². The van der Waals surface area contributed by atoms with Crippen molar-refractivity contribution >= 4 is 11.7 Å². The van der Waals surface area contributed by atoms with E-state index in [1.54, 1.807) is 0 Å². The zero-order chi connectivity index (χ0) is 16.4. The van der Waals surface area contributed by atoms with Crippen molar-refractivity contribution in [3.8, 4) is 5.75 Å². The van der Waals surface area contributed by atoms with Gasteiger partial charge in [-0.15, -0.1) is 0 Å². The Labute approximate surface area is 133 Å². The monoisotopic (exact) mass is 308 g/mol. The van der Waals surface area contributed by atoms with E-state index in [4.69, 9.17) is 9.84 Å². The zero-order valence-electron chi connectivity index (χ0n) is 13.9. The SMILES string of the molecule is CCCN(CCC)c1ccc(CNCC(=O)O)cc1OCC. The second-order valence-corrected chi connectivity index (χ2v) is 5.22. The molecule has 0 atom stereocenters. The van der Waals surface area contributed by atoms with Crippen molar-refractivity contribution in [2.24, 2.45) is 0 Å². The van der Waals surface area contributed by atoms with Crippen molar-refractivity contribution < 1.29 is 14.6 Å². The summed E-state index contributed by atoms with van der Waals surface area (Å²) in [6, 6.07) is 6.12. The number of carboxylic acids is 1. The smallest absolute Gasteiger partial charge is 0.317 e. The summed E-state index contributed by atoms with van der Waals surface area (Å²) in [6.07, 6.45) is 2.18. The minimum Gasteiger partial charge on any atom is -0.492 e. The lowest BCUT2D eigenvalue weighted by Crippen LogP contribution is -2.26. The van der Waals surface area contributed by atoms with Crippen LogP contribution in [0.2, 0.25) is 0 Å². The van der Waals surface area contributed by atoms with E-state index in [1.165, 1.54) is 0 Å². The lowest BCUT2D eigenvalue weighted by atomic mass is 10.1. The fraction of sp³-hybridized carbons (Fsp3) is 0.588. The Kier molecular flexibility index (Phi) is 8.36. The van der Waals surface area contributed by atoms with Crippen LogP contribution >= 0.6 is 0 Å². The standard InChI is InChI=1S/C17H28N2O3/c1-4-9-19(10-5-2)15-8-7-14(11-16(15)22-6-3)12-18-13-17(20)21/h7-8,11,18H,4-6,9-10,12-13H2,1-3H3,(H,20,21). The molecule has 0 bridgehead atoms. The number of benzene rings is 1. The van der Waals surface area contributed by atoms with Gasteiger partial charge in [-0.3, -0.25) is 4.79 Å². The number of ether oxygens (including phenoxy) is 1. The van der Waals surface area contributed by atoms with E-state index < -0.39 is 5.97 Å². The first-order chi connectivity index (χ1) is 10.6. The van der Waals surface area contributed by atoms with E-state index in [2.05, 4.69) is 30.1 Å². The summed E-state index contributed by atoms with van der Waals surface area (Å²) in [6.45, 7) is 9.43. The minimum atomic E-state index is -0.848. The summed E-state index contributed by atoms with van der Waals surface area (Å²) in [5, 5.41) is 11.6. The lowest BCUT2D eigenvalue weighted by Gasteiger charge is -2.26. The van der Waals surface area contributed by atoms with Crippen LogP contribution in [-0.2, 0) is 11.3 Å². The Balaban J connectivity index is 2.89. The van der Waals surface area contributed by atoms with Crippen molar-refractivity contribution in [2.75, 3.05) is 31.1 Å². The second kappa shape index (κ2) is 10.1. The molecule has 1 aromatic carbocycles. The van der Waals surface area contributed by atoms with Crippen molar-refractivity contribution in [3.05, 3.63) is 23.8 Å². The van der Waals surface area contributed by atoms with E-state index in [1.807, 2.05) is 19.1 Å². The van der Waals surface area contributed by atoms with Gasteiger partial charge in [-0.05, 0) is 37.5 Å². The molecular weight excluding hydrogens is 280 g/mol. The topological polar surface area (TPSA) is 61.8 Å². The predicted molar refractivity (Wildman–Crippen MR) is 89.7 cm³/mol. The van der Waals surface area contributed by atoms with Gasteiger partial charge in [0.2, 0.25) is 0 Å². The van der Waals surface area contributed by atoms with Crippen LogP contribution in [0.3, 0.4) is 0 Å². The summed E-state index contributed by atoms with van der Waals surface area (Å²) in [5.41, 5.74) is 2.15. The number of aliphatic carboxylic acids is 1. The van der Waals surface area contributed by atoms with Crippen LogP contribution < -0.4 is 15.0 Å². The summed E-state index contributed by atoms with van der Waals surface area (Å²) in [4.78, 5) is 12.9. The van der Waals surface area contributed by atoms with E-state index >= 15 is 0 Å². The van der Waals surface area contributed by atoms with Crippen LogP contribution in [0.1, 0.15) is 39.2 Å². The van der Waals surface area contributed by atoms with Crippen molar-refractivity contribution in [3.63, 3.8) is 0 Å². The van der Waals surface area contributed by atoms with E-state index in [-0.39, 0.29) is 6.54 Å². The Bertz CT molecular complexity index is 457. The van der Waals surface area contributed by atoms with E-state index in [9.17, 15) is 4.79 Å². The molecule has 0 aromatic heterocycles. The fourth-order valence-electron chi connectivity index (χ4n) is 2.41. The molecule has 1 aromatic rings. The highest BCUT2D eigenvalue weighted by molar-refractivity contribution is 5.69. The van der Waals surface area contributed by atoms with Crippen LogP contribution in [0, 0.1) is 0 Å². The summed E-state index contributed by atoms with van der Waals surface area (Å²) >= 11 is 0. The number of carboxylic acid groups (broad SMARTS) is 1. The minimum absolute atomic E-state index is 0.0382. The van der Waals surface area contributed by atoms with Gasteiger partial charge in [-0.1, -0.05) is 19.9 Å². The number of nitrogens with one attached hydrogen (secondary N) is 1. The number of rotatable bonds is 11. The molecular formula is C17H28N2O3. The third-order valence-electron chi connectivity index (χ3n) is 3.26. The molecule has 0 fully saturated rings. The number of carbonyl (C=O) groups is 1. The number of hydrogen-bond donors (Lipinski definition) is 2. The zero-order valence-corrected chi connectivity index (χ0v) is 13.9. The lowest BCUT2D eigenvalue weighted by molar-refractivity contribution is -0.135. The van der Waals surface area contributed by atoms with Crippen LogP contribution in [-0.4, -0.2) is 37.3 Å². The first-order valence-corrected chi connectivity index (χ1v) is 8.05. The average molecular weight is 308 g/mol. The quantitative estimate of drug-likeness (QED) is 0.658. The average Bonchev–Trinajstić information content (AvgIpc) is 2.47. The number of anilines is 1. The molecule has 0 saturated carbocycles. The molecule has 22 heavy (non-hydrogen) atoms. The Hall–Kier alpha value is -1.75. The molecule has 0 heterocycles. The third-order valence-corrected chi connectivity index (χ3v) is 3.26. The first kappa shape index (κ1) is 18.3. The molecule has 1 rings (SSSR count). The van der Waals surface area contributed by atoms with Gasteiger partial charge in [0.05, 0.1) is 18.8 Å². The maximum atomic E-state index is 10.6. The fourth-order valence-corrected chi connectivity index (χ4v) is 2.41. The maximum absolute atomic E-state index is 10.6. The molecule has 5 nitrogen and oxygen atoms in total. The van der Waals surface area contributed by atoms with Gasteiger partial charge in [-0.2, -0.15) is 0 Å².